The normalized spacial score (nSPS) is 18.9. The predicted molar refractivity (Wildman–Crippen MR) is 73.0 cm³/mol. The summed E-state index contributed by atoms with van der Waals surface area (Å²) < 4.78 is 7.22. The first-order chi connectivity index (χ1) is 9.40. The molecule has 6 heteroatoms. The quantitative estimate of drug-likeness (QED) is 0.829. The molecule has 0 aliphatic carbocycles. The first-order valence-electron chi connectivity index (χ1n) is 6.78. The van der Waals surface area contributed by atoms with Crippen LogP contribution in [0.25, 0.3) is 0 Å². The lowest BCUT2D eigenvalue weighted by atomic mass is 10.2. The van der Waals surface area contributed by atoms with Gasteiger partial charge in [-0.05, 0) is 33.3 Å². The van der Waals surface area contributed by atoms with Gasteiger partial charge in [0.25, 0.3) is 0 Å². The molecule has 0 aromatic carbocycles. The van der Waals surface area contributed by atoms with Crippen molar-refractivity contribution < 1.29 is 9.53 Å². The van der Waals surface area contributed by atoms with Crippen LogP contribution in [-0.4, -0.2) is 39.5 Å². The summed E-state index contributed by atoms with van der Waals surface area (Å²) in [6.07, 6.45) is 2.58. The lowest BCUT2D eigenvalue weighted by Gasteiger charge is -2.24. The van der Waals surface area contributed by atoms with Gasteiger partial charge in [0.2, 0.25) is 0 Å². The van der Waals surface area contributed by atoms with E-state index in [2.05, 4.69) is 11.2 Å². The van der Waals surface area contributed by atoms with Crippen molar-refractivity contribution in [3.63, 3.8) is 0 Å². The number of nitriles is 1. The third kappa shape index (κ3) is 3.29. The van der Waals surface area contributed by atoms with Gasteiger partial charge >= 0.3 is 6.09 Å². The summed E-state index contributed by atoms with van der Waals surface area (Å²) in [5, 5.41) is 13.1. The lowest BCUT2D eigenvalue weighted by Crippen LogP contribution is -2.35. The molecule has 1 amide bonds. The van der Waals surface area contributed by atoms with Gasteiger partial charge in [-0.25, -0.2) is 4.79 Å². The highest BCUT2D eigenvalue weighted by atomic mass is 16.6. The van der Waals surface area contributed by atoms with Crippen LogP contribution in [0.4, 0.5) is 4.79 Å². The number of aromatic nitrogens is 2. The van der Waals surface area contributed by atoms with Crippen molar-refractivity contribution in [1.82, 2.24) is 14.7 Å². The summed E-state index contributed by atoms with van der Waals surface area (Å²) >= 11 is 0. The molecule has 1 atom stereocenters. The second-order valence-corrected chi connectivity index (χ2v) is 5.97. The molecular formula is C14H20N4O2. The fourth-order valence-corrected chi connectivity index (χ4v) is 2.33. The first kappa shape index (κ1) is 14.4. The van der Waals surface area contributed by atoms with Crippen LogP contribution < -0.4 is 0 Å². The minimum atomic E-state index is -0.479. The molecule has 1 aromatic heterocycles. The Kier molecular flexibility index (Phi) is 3.98. The van der Waals surface area contributed by atoms with Gasteiger partial charge in [-0.3, -0.25) is 4.68 Å². The van der Waals surface area contributed by atoms with Crippen molar-refractivity contribution in [3.8, 4) is 6.07 Å². The van der Waals surface area contributed by atoms with E-state index in [9.17, 15) is 4.79 Å². The fraction of sp³-hybridized carbons (Fsp3) is 0.643. The molecule has 108 valence electrons. The number of rotatable bonds is 2. The number of hydrogen-bond donors (Lipinski definition) is 0. The summed E-state index contributed by atoms with van der Waals surface area (Å²) in [4.78, 5) is 13.7. The van der Waals surface area contributed by atoms with Crippen LogP contribution in [0.15, 0.2) is 12.3 Å². The topological polar surface area (TPSA) is 71.2 Å². The zero-order valence-electron chi connectivity index (χ0n) is 12.2. The molecule has 0 spiro atoms. The molecule has 0 radical (unpaired) electrons. The van der Waals surface area contributed by atoms with E-state index in [1.54, 1.807) is 11.1 Å². The number of hydrogen-bond acceptors (Lipinski definition) is 4. The molecule has 1 aromatic rings. The zero-order chi connectivity index (χ0) is 14.8. The van der Waals surface area contributed by atoms with Gasteiger partial charge in [0, 0.05) is 19.3 Å². The van der Waals surface area contributed by atoms with Crippen LogP contribution in [0.1, 0.15) is 38.9 Å². The maximum absolute atomic E-state index is 12.0. The van der Waals surface area contributed by atoms with Crippen LogP contribution in [0.2, 0.25) is 0 Å². The molecule has 2 heterocycles. The largest absolute Gasteiger partial charge is 0.444 e. The number of carbonyl (C=O) groups is 1. The van der Waals surface area contributed by atoms with Crippen molar-refractivity contribution in [2.45, 2.75) is 45.3 Å². The second kappa shape index (κ2) is 5.53. The fourth-order valence-electron chi connectivity index (χ4n) is 2.33. The molecule has 20 heavy (non-hydrogen) atoms. The smallest absolute Gasteiger partial charge is 0.410 e. The molecule has 0 N–H and O–H groups in total. The van der Waals surface area contributed by atoms with Gasteiger partial charge in [-0.2, -0.15) is 10.4 Å². The van der Waals surface area contributed by atoms with E-state index in [1.807, 2.05) is 31.5 Å². The minimum Gasteiger partial charge on any atom is -0.444 e. The van der Waals surface area contributed by atoms with Crippen LogP contribution in [-0.2, 0) is 11.2 Å². The summed E-state index contributed by atoms with van der Waals surface area (Å²) in [5.41, 5.74) is 0.413. The predicted octanol–water partition coefficient (Wildman–Crippen LogP) is 2.13. The maximum atomic E-state index is 12.0. The summed E-state index contributed by atoms with van der Waals surface area (Å²) in [6, 6.07) is 4.11. The van der Waals surface area contributed by atoms with Gasteiger partial charge in [-0.15, -0.1) is 0 Å². The number of ether oxygens (including phenoxy) is 1. The summed E-state index contributed by atoms with van der Waals surface area (Å²) in [7, 11) is 0. The van der Waals surface area contributed by atoms with E-state index >= 15 is 0 Å². The molecule has 2 rings (SSSR count). The van der Waals surface area contributed by atoms with Crippen LogP contribution in [0.5, 0.6) is 0 Å². The Morgan fingerprint density at radius 2 is 2.35 bits per heavy atom. The minimum absolute atomic E-state index is 0.126. The molecule has 1 unspecified atom stereocenters. The average molecular weight is 276 g/mol. The Morgan fingerprint density at radius 3 is 3.00 bits per heavy atom. The van der Waals surface area contributed by atoms with Crippen molar-refractivity contribution >= 4 is 6.09 Å². The van der Waals surface area contributed by atoms with Crippen molar-refractivity contribution in [3.05, 3.63) is 18.0 Å². The molecule has 6 nitrogen and oxygen atoms in total. The molecule has 1 aliphatic heterocycles. The van der Waals surface area contributed by atoms with Crippen LogP contribution >= 0.6 is 0 Å². The van der Waals surface area contributed by atoms with E-state index in [0.29, 0.717) is 19.5 Å². The Balaban J connectivity index is 2.00. The molecular weight excluding hydrogens is 256 g/mol. The second-order valence-electron chi connectivity index (χ2n) is 5.97. The van der Waals surface area contributed by atoms with Crippen molar-refractivity contribution in [2.75, 3.05) is 13.1 Å². The van der Waals surface area contributed by atoms with Gasteiger partial charge in [0.05, 0.1) is 24.2 Å². The molecule has 1 fully saturated rings. The van der Waals surface area contributed by atoms with Crippen LogP contribution in [0, 0.1) is 11.3 Å². The number of nitrogens with zero attached hydrogens (tertiary/aromatic N) is 4. The van der Waals surface area contributed by atoms with Gasteiger partial charge in [0.15, 0.2) is 0 Å². The molecule has 1 aliphatic rings. The summed E-state index contributed by atoms with van der Waals surface area (Å²) in [5.74, 6) is 0. The number of likely N-dealkylation sites (tertiary alicyclic amines) is 1. The third-order valence-corrected chi connectivity index (χ3v) is 3.17. The van der Waals surface area contributed by atoms with E-state index < -0.39 is 5.60 Å². The third-order valence-electron chi connectivity index (χ3n) is 3.17. The van der Waals surface area contributed by atoms with Crippen molar-refractivity contribution in [2.24, 2.45) is 0 Å². The van der Waals surface area contributed by atoms with Gasteiger partial charge in [-0.1, -0.05) is 0 Å². The van der Waals surface area contributed by atoms with Crippen molar-refractivity contribution in [1.29, 1.82) is 5.26 Å². The van der Waals surface area contributed by atoms with Gasteiger partial charge in [0.1, 0.15) is 5.60 Å². The summed E-state index contributed by atoms with van der Waals surface area (Å²) in [6.45, 7) is 6.81. The first-order valence-corrected chi connectivity index (χ1v) is 6.78. The lowest BCUT2D eigenvalue weighted by molar-refractivity contribution is 0.0288. The van der Waals surface area contributed by atoms with E-state index in [4.69, 9.17) is 10.00 Å². The van der Waals surface area contributed by atoms with E-state index in [1.165, 1.54) is 0 Å². The Bertz CT molecular complexity index is 524. The highest BCUT2D eigenvalue weighted by Gasteiger charge is 2.31. The molecule has 1 saturated heterocycles. The number of carbonyl (C=O) groups excluding carboxylic acids is 1. The highest BCUT2D eigenvalue weighted by Crippen LogP contribution is 2.24. The SMILES string of the molecule is CC(C)(C)OC(=O)N1CCC(n2nccc2CC#N)C1. The standard InChI is InChI=1S/C14H20N4O2/c1-14(2,3)20-13(19)17-9-6-12(10-17)18-11(4-7-15)5-8-16-18/h5,8,12H,4,6,9-10H2,1-3H3. The van der Waals surface area contributed by atoms with Crippen LogP contribution in [0.3, 0.4) is 0 Å². The maximum Gasteiger partial charge on any atom is 0.410 e. The monoisotopic (exact) mass is 276 g/mol. The molecule has 0 saturated carbocycles. The Morgan fingerprint density at radius 1 is 1.60 bits per heavy atom. The Hall–Kier alpha value is -2.03. The Labute approximate surface area is 118 Å². The number of amides is 1. The zero-order valence-corrected chi connectivity index (χ0v) is 12.2. The van der Waals surface area contributed by atoms with E-state index in [0.717, 1.165) is 12.1 Å². The van der Waals surface area contributed by atoms with Gasteiger partial charge < -0.3 is 9.64 Å². The average Bonchev–Trinajstić information content (AvgIpc) is 2.94. The highest BCUT2D eigenvalue weighted by molar-refractivity contribution is 5.68. The molecule has 0 bridgehead atoms. The van der Waals surface area contributed by atoms with E-state index in [-0.39, 0.29) is 12.1 Å².